The van der Waals surface area contributed by atoms with Crippen molar-refractivity contribution >= 4 is 5.91 Å². The molecule has 0 unspecified atom stereocenters. The molecule has 1 aliphatic heterocycles. The minimum atomic E-state index is -0.0199. The first-order valence-corrected chi connectivity index (χ1v) is 8.10. The predicted octanol–water partition coefficient (Wildman–Crippen LogP) is 1.50. The van der Waals surface area contributed by atoms with Crippen LogP contribution in [-0.2, 0) is 22.9 Å². The number of aryl methyl sites for hydroxylation is 1. The number of amides is 1. The molecule has 0 aromatic carbocycles. The minimum Gasteiger partial charge on any atom is -0.472 e. The first kappa shape index (κ1) is 16.7. The maximum Gasteiger partial charge on any atom is 0.257 e. The predicted molar refractivity (Wildman–Crippen MR) is 86.7 cm³/mol. The third-order valence-corrected chi connectivity index (χ3v) is 4.34. The fraction of sp³-hybridized carbons (Fsp3) is 0.529. The van der Waals surface area contributed by atoms with Gasteiger partial charge in [-0.25, -0.2) is 0 Å². The van der Waals surface area contributed by atoms with Crippen LogP contribution in [0.4, 0.5) is 0 Å². The van der Waals surface area contributed by atoms with Gasteiger partial charge in [0.15, 0.2) is 0 Å². The first-order valence-electron chi connectivity index (χ1n) is 8.10. The summed E-state index contributed by atoms with van der Waals surface area (Å²) in [5.74, 6) is -0.0181. The topological polar surface area (TPSA) is 69.7 Å². The van der Waals surface area contributed by atoms with Crippen molar-refractivity contribution in [2.75, 3.05) is 26.9 Å². The van der Waals surface area contributed by atoms with Crippen molar-refractivity contribution in [1.29, 1.82) is 0 Å². The molecule has 24 heavy (non-hydrogen) atoms. The van der Waals surface area contributed by atoms with Crippen molar-refractivity contribution in [2.45, 2.75) is 25.0 Å². The highest BCUT2D eigenvalue weighted by Gasteiger charge is 2.38. The fourth-order valence-electron chi connectivity index (χ4n) is 3.17. The molecule has 2 aromatic heterocycles. The molecule has 7 nitrogen and oxygen atoms in total. The Morgan fingerprint density at radius 1 is 1.46 bits per heavy atom. The van der Waals surface area contributed by atoms with E-state index < -0.39 is 0 Å². The minimum absolute atomic E-state index is 0.00351. The molecule has 0 radical (unpaired) electrons. The third kappa shape index (κ3) is 3.68. The lowest BCUT2D eigenvalue weighted by Gasteiger charge is -2.27. The third-order valence-electron chi connectivity index (χ3n) is 4.34. The zero-order chi connectivity index (χ0) is 16.9. The number of aromatic nitrogens is 2. The summed E-state index contributed by atoms with van der Waals surface area (Å²) in [4.78, 5) is 14.6. The monoisotopic (exact) mass is 333 g/mol. The molecule has 1 amide bonds. The summed E-state index contributed by atoms with van der Waals surface area (Å²) in [5, 5.41) is 4.22. The van der Waals surface area contributed by atoms with Gasteiger partial charge in [0.25, 0.3) is 5.91 Å². The average molecular weight is 333 g/mol. The van der Waals surface area contributed by atoms with Crippen LogP contribution >= 0.6 is 0 Å². The summed E-state index contributed by atoms with van der Waals surface area (Å²) in [7, 11) is 3.54. The van der Waals surface area contributed by atoms with Crippen LogP contribution in [0.2, 0.25) is 0 Å². The van der Waals surface area contributed by atoms with E-state index in [9.17, 15) is 4.79 Å². The number of carbonyl (C=O) groups excluding carboxylic acids is 1. The Kier molecular flexibility index (Phi) is 5.32. The molecule has 0 bridgehead atoms. The maximum atomic E-state index is 12.8. The van der Waals surface area contributed by atoms with Gasteiger partial charge in [0, 0.05) is 26.9 Å². The van der Waals surface area contributed by atoms with Gasteiger partial charge in [-0.2, -0.15) is 5.10 Å². The van der Waals surface area contributed by atoms with Crippen molar-refractivity contribution in [2.24, 2.45) is 7.05 Å². The maximum absolute atomic E-state index is 12.8. The summed E-state index contributed by atoms with van der Waals surface area (Å²) >= 11 is 0. The normalized spacial score (nSPS) is 20.7. The quantitative estimate of drug-likeness (QED) is 0.718. The zero-order valence-corrected chi connectivity index (χ0v) is 14.1. The molecule has 0 saturated carbocycles. The zero-order valence-electron chi connectivity index (χ0n) is 14.1. The smallest absolute Gasteiger partial charge is 0.257 e. The number of hydrogen-bond acceptors (Lipinski definition) is 5. The summed E-state index contributed by atoms with van der Waals surface area (Å²) < 4.78 is 17.8. The standard InChI is InChI=1S/C17H23N3O4/c1-19-11-13(10-18-19)9-15-16(24-8-7-22-2)3-5-20(15)17(21)14-4-6-23-12-14/h4,6,10-12,15-16H,3,5,7-9H2,1-2H3/t15-,16-/m0/s1. The number of methoxy groups -OCH3 is 1. The van der Waals surface area contributed by atoms with E-state index in [1.165, 1.54) is 12.5 Å². The Labute approximate surface area is 141 Å². The van der Waals surface area contributed by atoms with Gasteiger partial charge in [0.1, 0.15) is 6.26 Å². The molecular weight excluding hydrogens is 310 g/mol. The molecule has 0 spiro atoms. The molecule has 7 heteroatoms. The van der Waals surface area contributed by atoms with Crippen molar-refractivity contribution < 1.29 is 18.7 Å². The second-order valence-electron chi connectivity index (χ2n) is 6.00. The van der Waals surface area contributed by atoms with Crippen LogP contribution in [0.1, 0.15) is 22.3 Å². The van der Waals surface area contributed by atoms with Gasteiger partial charge in [0.2, 0.25) is 0 Å². The lowest BCUT2D eigenvalue weighted by Crippen LogP contribution is -2.42. The largest absolute Gasteiger partial charge is 0.472 e. The first-order chi connectivity index (χ1) is 11.7. The van der Waals surface area contributed by atoms with E-state index >= 15 is 0 Å². The van der Waals surface area contributed by atoms with Gasteiger partial charge in [-0.15, -0.1) is 0 Å². The van der Waals surface area contributed by atoms with Crippen LogP contribution in [0.15, 0.2) is 35.4 Å². The average Bonchev–Trinajstić information content (AvgIpc) is 3.30. The number of carbonyl (C=O) groups is 1. The Hall–Kier alpha value is -2.12. The van der Waals surface area contributed by atoms with Gasteiger partial charge >= 0.3 is 0 Å². The molecule has 1 fully saturated rings. The second kappa shape index (κ2) is 7.63. The van der Waals surface area contributed by atoms with Crippen LogP contribution in [0.25, 0.3) is 0 Å². The summed E-state index contributed by atoms with van der Waals surface area (Å²) in [6.45, 7) is 1.75. The molecule has 0 N–H and O–H groups in total. The summed E-state index contributed by atoms with van der Waals surface area (Å²) in [5.41, 5.74) is 1.67. The number of rotatable bonds is 7. The fourth-order valence-corrected chi connectivity index (χ4v) is 3.17. The highest BCUT2D eigenvalue weighted by Crippen LogP contribution is 2.26. The van der Waals surface area contributed by atoms with E-state index in [0.29, 0.717) is 25.3 Å². The van der Waals surface area contributed by atoms with Crippen LogP contribution in [-0.4, -0.2) is 59.6 Å². The Balaban J connectivity index is 1.75. The Bertz CT molecular complexity index is 653. The molecule has 1 aliphatic rings. The van der Waals surface area contributed by atoms with E-state index in [1.54, 1.807) is 17.9 Å². The summed E-state index contributed by atoms with van der Waals surface area (Å²) in [6.07, 6.45) is 8.36. The molecular formula is C17H23N3O4. The number of furan rings is 1. The van der Waals surface area contributed by atoms with Crippen LogP contribution in [0.5, 0.6) is 0 Å². The van der Waals surface area contributed by atoms with E-state index in [1.807, 2.05) is 24.3 Å². The van der Waals surface area contributed by atoms with Crippen LogP contribution < -0.4 is 0 Å². The lowest BCUT2D eigenvalue weighted by molar-refractivity contribution is 0.000484. The number of ether oxygens (including phenoxy) is 2. The molecule has 2 atom stereocenters. The van der Waals surface area contributed by atoms with Gasteiger partial charge in [-0.3, -0.25) is 9.48 Å². The number of likely N-dealkylation sites (tertiary alicyclic amines) is 1. The second-order valence-corrected chi connectivity index (χ2v) is 6.00. The van der Waals surface area contributed by atoms with Crippen LogP contribution in [0, 0.1) is 0 Å². The number of hydrogen-bond donors (Lipinski definition) is 0. The van der Waals surface area contributed by atoms with E-state index in [0.717, 1.165) is 18.4 Å². The van der Waals surface area contributed by atoms with E-state index in [-0.39, 0.29) is 18.1 Å². The SMILES string of the molecule is COCCO[C@H]1CCN(C(=O)c2ccoc2)[C@H]1Cc1cnn(C)c1. The Morgan fingerprint density at radius 3 is 3.00 bits per heavy atom. The van der Waals surface area contributed by atoms with Crippen LogP contribution in [0.3, 0.4) is 0 Å². The summed E-state index contributed by atoms with van der Waals surface area (Å²) in [6, 6.07) is 1.68. The van der Waals surface area contributed by atoms with Crippen molar-refractivity contribution in [3.8, 4) is 0 Å². The molecule has 130 valence electrons. The Morgan fingerprint density at radius 2 is 2.33 bits per heavy atom. The molecule has 0 aliphatic carbocycles. The molecule has 3 heterocycles. The lowest BCUT2D eigenvalue weighted by atomic mass is 10.0. The highest BCUT2D eigenvalue weighted by molar-refractivity contribution is 5.94. The van der Waals surface area contributed by atoms with Crippen molar-refractivity contribution in [1.82, 2.24) is 14.7 Å². The van der Waals surface area contributed by atoms with Crippen molar-refractivity contribution in [3.05, 3.63) is 42.1 Å². The van der Waals surface area contributed by atoms with Gasteiger partial charge in [0.05, 0.1) is 43.4 Å². The van der Waals surface area contributed by atoms with Gasteiger partial charge in [-0.1, -0.05) is 0 Å². The number of nitrogens with zero attached hydrogens (tertiary/aromatic N) is 3. The molecule has 2 aromatic rings. The van der Waals surface area contributed by atoms with Crippen molar-refractivity contribution in [3.63, 3.8) is 0 Å². The van der Waals surface area contributed by atoms with Gasteiger partial charge in [-0.05, 0) is 24.5 Å². The molecule has 1 saturated heterocycles. The van der Waals surface area contributed by atoms with E-state index in [2.05, 4.69) is 5.10 Å². The van der Waals surface area contributed by atoms with Gasteiger partial charge < -0.3 is 18.8 Å². The van der Waals surface area contributed by atoms with E-state index in [4.69, 9.17) is 13.9 Å². The molecule has 3 rings (SSSR count). The highest BCUT2D eigenvalue weighted by atomic mass is 16.5.